The Kier molecular flexibility index (Phi) is 8.39. The molecule has 0 fully saturated rings. The molecular weight excluding hydrogens is 561 g/mol. The molecule has 1 N–H and O–H groups in total. The minimum atomic E-state index is 0. The van der Waals surface area contributed by atoms with Crippen LogP contribution in [0.2, 0.25) is 5.02 Å². The van der Waals surface area contributed by atoms with Gasteiger partial charge in [-0.25, -0.2) is 9.97 Å². The van der Waals surface area contributed by atoms with E-state index in [0.717, 1.165) is 22.8 Å². The summed E-state index contributed by atoms with van der Waals surface area (Å²) in [4.78, 5) is 19.6. The zero-order valence-electron chi connectivity index (χ0n) is 13.9. The summed E-state index contributed by atoms with van der Waals surface area (Å²) in [5.41, 5.74) is 3.08. The van der Waals surface area contributed by atoms with Crippen LogP contribution in [0.5, 0.6) is 0 Å². The van der Waals surface area contributed by atoms with Crippen LogP contribution in [-0.2, 0) is 21.1 Å². The molecule has 27 heavy (non-hydrogen) atoms. The van der Waals surface area contributed by atoms with Crippen LogP contribution < -0.4 is 0 Å². The second-order valence-corrected chi connectivity index (χ2v) is 5.90. The van der Waals surface area contributed by atoms with Gasteiger partial charge in [-0.05, 0) is 54.7 Å². The molecule has 4 aromatic rings. The molecule has 0 bridgehead atoms. The molecule has 4 rings (SSSR count). The number of pyridine rings is 3. The van der Waals surface area contributed by atoms with Crippen molar-refractivity contribution in [3.05, 3.63) is 89.2 Å². The van der Waals surface area contributed by atoms with Gasteiger partial charge in [0.25, 0.3) is 0 Å². The van der Waals surface area contributed by atoms with Crippen LogP contribution >= 0.6 is 23.8 Å². The van der Waals surface area contributed by atoms with Gasteiger partial charge in [0.05, 0.1) is 22.8 Å². The molecule has 0 unspecified atom stereocenters. The van der Waals surface area contributed by atoms with E-state index < -0.39 is 0 Å². The second kappa shape index (κ2) is 10.8. The molecule has 5 nitrogen and oxygen atoms in total. The van der Waals surface area contributed by atoms with E-state index in [-0.39, 0.29) is 21.1 Å². The van der Waals surface area contributed by atoms with E-state index in [1.807, 2.05) is 36.4 Å². The number of halogens is 1. The predicted molar refractivity (Wildman–Crippen MR) is 105 cm³/mol. The Hall–Kier alpha value is -2.27. The van der Waals surface area contributed by atoms with Crippen molar-refractivity contribution in [2.24, 2.45) is 0 Å². The molecule has 0 amide bonds. The van der Waals surface area contributed by atoms with Crippen molar-refractivity contribution < 1.29 is 21.1 Å². The fourth-order valence-corrected chi connectivity index (χ4v) is 2.43. The van der Waals surface area contributed by atoms with Crippen LogP contribution in [-0.4, -0.2) is 24.9 Å². The third-order valence-electron chi connectivity index (χ3n) is 3.23. The van der Waals surface area contributed by atoms with E-state index in [9.17, 15) is 0 Å². The van der Waals surface area contributed by atoms with Gasteiger partial charge in [0.2, 0.25) is 0 Å². The number of H-pyrrole nitrogens is 1. The van der Waals surface area contributed by atoms with Crippen molar-refractivity contribution in [1.29, 1.82) is 0 Å². The van der Waals surface area contributed by atoms with Gasteiger partial charge in [0.1, 0.15) is 0 Å². The van der Waals surface area contributed by atoms with Gasteiger partial charge in [-0.3, -0.25) is 9.97 Å². The van der Waals surface area contributed by atoms with Crippen molar-refractivity contribution in [3.8, 4) is 22.8 Å². The molecular formula is C19H14ClN5PtS+4. The quantitative estimate of drug-likeness (QED) is 0.342. The molecule has 0 aliphatic heterocycles. The topological polar surface area (TPSA) is 67.3 Å². The van der Waals surface area contributed by atoms with Gasteiger partial charge >= 0.3 is 21.1 Å². The molecule has 0 spiro atoms. The molecule has 4 heterocycles. The molecule has 8 heteroatoms. The van der Waals surface area contributed by atoms with Crippen LogP contribution in [0.25, 0.3) is 22.8 Å². The summed E-state index contributed by atoms with van der Waals surface area (Å²) in [6, 6.07) is 16.8. The number of nitrogens with one attached hydrogen (secondary N) is 1. The largest absolute Gasteiger partial charge is 4.00 e. The van der Waals surface area contributed by atoms with Crippen molar-refractivity contribution in [1.82, 2.24) is 24.9 Å². The van der Waals surface area contributed by atoms with E-state index in [1.165, 1.54) is 0 Å². The summed E-state index contributed by atoms with van der Waals surface area (Å²) in [7, 11) is 0. The maximum absolute atomic E-state index is 6.15. The third-order valence-corrected chi connectivity index (χ3v) is 3.67. The molecule has 0 aromatic carbocycles. The first-order valence-corrected chi connectivity index (χ1v) is 8.51. The Morgan fingerprint density at radius 1 is 0.741 bits per heavy atom. The van der Waals surface area contributed by atoms with Crippen molar-refractivity contribution in [2.75, 3.05) is 0 Å². The predicted octanol–water partition coefficient (Wildman–Crippen LogP) is 5.00. The summed E-state index contributed by atoms with van der Waals surface area (Å²) in [6.45, 7) is 0. The average molecular weight is 575 g/mol. The molecule has 134 valence electrons. The Balaban J connectivity index is 0.000000278. The Labute approximate surface area is 181 Å². The summed E-state index contributed by atoms with van der Waals surface area (Å²) < 4.78 is 0.530. The van der Waals surface area contributed by atoms with E-state index >= 15 is 0 Å². The van der Waals surface area contributed by atoms with Gasteiger partial charge in [0.15, 0.2) is 4.77 Å². The Morgan fingerprint density at radius 3 is 1.67 bits per heavy atom. The van der Waals surface area contributed by atoms with Crippen LogP contribution in [0.4, 0.5) is 0 Å². The number of hydrogen-bond acceptors (Lipinski definition) is 5. The first-order valence-electron chi connectivity index (χ1n) is 7.72. The normalized spacial score (nSPS) is 9.52. The van der Waals surface area contributed by atoms with E-state index in [2.05, 4.69) is 37.1 Å². The number of rotatable bonds is 2. The maximum atomic E-state index is 6.15. The molecule has 0 saturated carbocycles. The number of aromatic nitrogens is 5. The number of hydrogen-bond donors (Lipinski definition) is 1. The molecule has 0 atom stereocenters. The zero-order valence-corrected chi connectivity index (χ0v) is 17.7. The van der Waals surface area contributed by atoms with Gasteiger partial charge < -0.3 is 4.98 Å². The van der Waals surface area contributed by atoms with E-state index in [4.69, 9.17) is 11.6 Å². The van der Waals surface area contributed by atoms with E-state index in [0.29, 0.717) is 9.79 Å². The number of nitrogens with zero attached hydrogens (tertiary/aromatic N) is 4. The second-order valence-electron chi connectivity index (χ2n) is 5.07. The van der Waals surface area contributed by atoms with Gasteiger partial charge in [0, 0.05) is 29.8 Å². The average Bonchev–Trinajstić information content (AvgIpc) is 2.70. The van der Waals surface area contributed by atoms with E-state index in [1.54, 1.807) is 43.0 Å². The summed E-state index contributed by atoms with van der Waals surface area (Å²) in [5.74, 6) is 0. The molecule has 0 aliphatic rings. The SMILES string of the molecule is Clc1cc(-c2ccccn2)nc(-c2ccccn2)c1.S=c1nccc[nH]1.[Pt+4]. The minimum absolute atomic E-state index is 0. The number of aromatic amines is 1. The standard InChI is InChI=1S/C15H10ClN3.C4H4N2S.Pt/c16-11-9-14(12-5-1-3-7-17-12)19-15(10-11)13-6-2-4-8-18-13;7-4-5-2-1-3-6-4;/h1-10H;1-3H,(H,5,6,7);/q;;+4. The van der Waals surface area contributed by atoms with Crippen LogP contribution in [0.1, 0.15) is 0 Å². The summed E-state index contributed by atoms with van der Waals surface area (Å²) >= 11 is 10.8. The van der Waals surface area contributed by atoms with Crippen LogP contribution in [0.3, 0.4) is 0 Å². The first kappa shape index (κ1) is 21.0. The fourth-order valence-electron chi connectivity index (χ4n) is 2.10. The molecule has 0 saturated heterocycles. The minimum Gasteiger partial charge on any atom is -0.337 e. The zero-order chi connectivity index (χ0) is 18.2. The molecule has 0 aliphatic carbocycles. The van der Waals surface area contributed by atoms with Gasteiger partial charge in [-0.2, -0.15) is 0 Å². The molecule has 4 aromatic heterocycles. The van der Waals surface area contributed by atoms with Crippen LogP contribution in [0.15, 0.2) is 79.4 Å². The first-order chi connectivity index (χ1) is 12.7. The maximum Gasteiger partial charge on any atom is 4.00 e. The van der Waals surface area contributed by atoms with Crippen molar-refractivity contribution in [2.45, 2.75) is 0 Å². The summed E-state index contributed by atoms with van der Waals surface area (Å²) in [5, 5.41) is 0.622. The Morgan fingerprint density at radius 2 is 1.30 bits per heavy atom. The van der Waals surface area contributed by atoms with Crippen molar-refractivity contribution in [3.63, 3.8) is 0 Å². The Bertz CT molecular complexity index is 953. The van der Waals surface area contributed by atoms with Gasteiger partial charge in [-0.1, -0.05) is 23.7 Å². The van der Waals surface area contributed by atoms with Crippen LogP contribution in [0, 0.1) is 4.77 Å². The molecule has 0 radical (unpaired) electrons. The smallest absolute Gasteiger partial charge is 0.337 e. The fraction of sp³-hybridized carbons (Fsp3) is 0. The van der Waals surface area contributed by atoms with Crippen molar-refractivity contribution >= 4 is 23.8 Å². The summed E-state index contributed by atoms with van der Waals surface area (Å²) in [6.07, 6.45) is 6.87. The van der Waals surface area contributed by atoms with Gasteiger partial charge in [-0.15, -0.1) is 0 Å². The third kappa shape index (κ3) is 6.43. The monoisotopic (exact) mass is 574 g/mol.